The monoisotopic (exact) mass is 358 g/mol. The van der Waals surface area contributed by atoms with Gasteiger partial charge < -0.3 is 0 Å². The van der Waals surface area contributed by atoms with Crippen LogP contribution < -0.4 is 5.73 Å². The number of aromatic nitrogens is 1. The number of nitrogens with zero attached hydrogens (tertiary/aromatic N) is 3. The first-order valence-electron chi connectivity index (χ1n) is 4.86. The Bertz CT molecular complexity index is 593. The van der Waals surface area contributed by atoms with Crippen LogP contribution in [0.25, 0.3) is 9.78 Å². The molecule has 0 aliphatic heterocycles. The molecule has 1 amide bonds. The van der Waals surface area contributed by atoms with Gasteiger partial charge in [0.2, 0.25) is 0 Å². The third-order valence-electron chi connectivity index (χ3n) is 1.99. The number of carbonyl (C=O) groups is 1. The van der Waals surface area contributed by atoms with Crippen LogP contribution in [0.2, 0.25) is 11.4 Å². The zero-order valence-corrected chi connectivity index (χ0v) is 13.0. The van der Waals surface area contributed by atoms with E-state index in [2.05, 4.69) is 25.6 Å². The third-order valence-corrected chi connectivity index (χ3v) is 5.27. The molecule has 2 aromatic rings. The number of hydrogen-bond donors (Lipinski definition) is 1. The molecular formula is C10H11AsN4OSe. The van der Waals surface area contributed by atoms with Crippen LogP contribution in [-0.4, -0.2) is 40.3 Å². The number of nitrogens with two attached hydrogens (primary N) is 1. The molecule has 0 aromatic carbocycles. The van der Waals surface area contributed by atoms with Gasteiger partial charge in [0.25, 0.3) is 0 Å². The van der Waals surface area contributed by atoms with Crippen LogP contribution in [0.5, 0.6) is 0 Å². The van der Waals surface area contributed by atoms with E-state index >= 15 is 0 Å². The van der Waals surface area contributed by atoms with Crippen molar-refractivity contribution < 1.29 is 4.79 Å². The Balaban J connectivity index is 2.64. The Kier molecular flexibility index (Phi) is 3.77. The van der Waals surface area contributed by atoms with Crippen molar-refractivity contribution in [3.63, 3.8) is 0 Å². The van der Waals surface area contributed by atoms with Crippen LogP contribution in [0.15, 0.2) is 27.5 Å². The fraction of sp³-hybridized carbons (Fsp3) is 0.200. The first-order chi connectivity index (χ1) is 8.09. The van der Waals surface area contributed by atoms with Crippen molar-refractivity contribution in [2.75, 3.05) is 0 Å². The Morgan fingerprint density at radius 3 is 2.94 bits per heavy atom. The minimum absolute atomic E-state index is 0.143. The predicted octanol–water partition coefficient (Wildman–Crippen LogP) is 1.73. The van der Waals surface area contributed by atoms with Crippen molar-refractivity contribution in [2.45, 2.75) is 11.4 Å². The molecule has 0 unspecified atom stereocenters. The number of primary amides is 1. The second kappa shape index (κ2) is 5.13. The van der Waals surface area contributed by atoms with E-state index in [0.29, 0.717) is 10.1 Å². The van der Waals surface area contributed by atoms with Crippen molar-refractivity contribution in [3.05, 3.63) is 22.8 Å². The molecule has 0 atom stereocenters. The van der Waals surface area contributed by atoms with Crippen molar-refractivity contribution in [1.29, 1.82) is 0 Å². The van der Waals surface area contributed by atoms with Gasteiger partial charge in [-0.1, -0.05) is 0 Å². The normalized spacial score (nSPS) is 11.7. The Labute approximate surface area is 109 Å². The number of pyridine rings is 1. The van der Waals surface area contributed by atoms with Gasteiger partial charge in [-0.2, -0.15) is 0 Å². The molecule has 2 aromatic heterocycles. The maximum absolute atomic E-state index is 11.4. The van der Waals surface area contributed by atoms with Crippen LogP contribution in [0, 0.1) is 0 Å². The van der Waals surface area contributed by atoms with Gasteiger partial charge in [0, 0.05) is 0 Å². The Morgan fingerprint density at radius 2 is 2.29 bits per heavy atom. The number of rotatable bonds is 3. The van der Waals surface area contributed by atoms with Gasteiger partial charge >= 0.3 is 110 Å². The summed E-state index contributed by atoms with van der Waals surface area (Å²) in [5.41, 5.74) is 10.2. The van der Waals surface area contributed by atoms with Gasteiger partial charge in [0.1, 0.15) is 0 Å². The molecule has 0 radical (unpaired) electrons. The van der Waals surface area contributed by atoms with Crippen LogP contribution in [0.4, 0.5) is 5.69 Å². The zero-order chi connectivity index (χ0) is 12.4. The molecule has 0 saturated heterocycles. The van der Waals surface area contributed by atoms with Gasteiger partial charge in [-0.3, -0.25) is 0 Å². The van der Waals surface area contributed by atoms with Crippen molar-refractivity contribution in [1.82, 2.24) is 4.98 Å². The zero-order valence-electron chi connectivity index (χ0n) is 9.41. The average Bonchev–Trinajstić information content (AvgIpc) is 2.65. The molecule has 0 spiro atoms. The van der Waals surface area contributed by atoms with Gasteiger partial charge in [-0.05, 0) is 0 Å². The molecule has 2 rings (SSSR count). The van der Waals surface area contributed by atoms with E-state index in [1.165, 1.54) is 0 Å². The van der Waals surface area contributed by atoms with E-state index in [1.807, 2.05) is 12.1 Å². The summed E-state index contributed by atoms with van der Waals surface area (Å²) >= 11 is -1.35. The summed E-state index contributed by atoms with van der Waals surface area (Å²) in [4.78, 5) is 15.6. The Morgan fingerprint density at radius 1 is 1.53 bits per heavy atom. The molecule has 0 aliphatic carbocycles. The quantitative estimate of drug-likeness (QED) is 0.671. The predicted molar refractivity (Wildman–Crippen MR) is 69.2 cm³/mol. The number of hydrogen-bond acceptors (Lipinski definition) is 4. The summed E-state index contributed by atoms with van der Waals surface area (Å²) in [6.07, 6.45) is 1.72. The summed E-state index contributed by atoms with van der Waals surface area (Å²) in [5.74, 6) is -0.414. The molecule has 2 heterocycles. The summed E-state index contributed by atoms with van der Waals surface area (Å²) < 4.78 is 5.71. The molecule has 5 nitrogen and oxygen atoms in total. The van der Waals surface area contributed by atoms with Gasteiger partial charge in [0.15, 0.2) is 0 Å². The summed E-state index contributed by atoms with van der Waals surface area (Å²) in [5, 5.41) is 5.11. The maximum atomic E-state index is 11.4. The number of carbonyl (C=O) groups excluding carboxylic acids is 1. The average molecular weight is 357 g/mol. The topological polar surface area (TPSA) is 80.7 Å². The fourth-order valence-electron chi connectivity index (χ4n) is 1.32. The molecule has 2 N–H and O–H groups in total. The van der Waals surface area contributed by atoms with Crippen molar-refractivity contribution >= 4 is 50.8 Å². The summed E-state index contributed by atoms with van der Waals surface area (Å²) in [6.45, 7) is 0. The van der Waals surface area contributed by atoms with Gasteiger partial charge in [0.05, 0.1) is 0 Å². The van der Waals surface area contributed by atoms with Gasteiger partial charge in [-0.15, -0.1) is 0 Å². The molecule has 88 valence electrons. The molecule has 0 saturated carbocycles. The Hall–Kier alpha value is -0.962. The SMILES string of the molecule is C[As](C)/N=N/c1c(C(N)=O)[se]c2ncccc12. The fourth-order valence-corrected chi connectivity index (χ4v) is 3.83. The number of amides is 1. The van der Waals surface area contributed by atoms with E-state index in [1.54, 1.807) is 6.20 Å². The van der Waals surface area contributed by atoms with E-state index in [0.717, 1.165) is 9.78 Å². The second-order valence-corrected chi connectivity index (χ2v) is 9.56. The molecule has 0 bridgehead atoms. The minimum atomic E-state index is -1.20. The molecule has 0 aliphatic rings. The van der Waals surface area contributed by atoms with E-state index in [4.69, 9.17) is 5.73 Å². The molecular weight excluding hydrogens is 346 g/mol. The van der Waals surface area contributed by atoms with E-state index in [-0.39, 0.29) is 14.5 Å². The van der Waals surface area contributed by atoms with Crippen molar-refractivity contribution in [2.24, 2.45) is 14.9 Å². The van der Waals surface area contributed by atoms with Crippen LogP contribution >= 0.6 is 0 Å². The second-order valence-electron chi connectivity index (χ2n) is 3.54. The van der Waals surface area contributed by atoms with Crippen LogP contribution in [0.1, 0.15) is 9.23 Å². The molecule has 17 heavy (non-hydrogen) atoms. The van der Waals surface area contributed by atoms with Crippen LogP contribution in [-0.2, 0) is 0 Å². The number of fused-ring (bicyclic) bond motifs is 1. The standard InChI is InChI=1S/C10H11AsN4OSe/c1-11(2)15-14-7-6-4-3-5-13-10(6)17-8(7)9(12)16/h3-5H,1-2H3,(H2,12,16)/b15-14+. The summed E-state index contributed by atoms with van der Waals surface area (Å²) in [6, 6.07) is 3.75. The summed E-state index contributed by atoms with van der Waals surface area (Å²) in [7, 11) is 0. The first-order valence-corrected chi connectivity index (χ1v) is 11.2. The van der Waals surface area contributed by atoms with E-state index in [9.17, 15) is 4.79 Å². The molecule has 7 heteroatoms. The molecule has 0 fully saturated rings. The first kappa shape index (κ1) is 12.5. The third kappa shape index (κ3) is 2.65. The van der Waals surface area contributed by atoms with E-state index < -0.39 is 20.8 Å². The van der Waals surface area contributed by atoms with Crippen molar-refractivity contribution in [3.8, 4) is 0 Å². The van der Waals surface area contributed by atoms with Gasteiger partial charge in [-0.25, -0.2) is 0 Å². The van der Waals surface area contributed by atoms with Crippen LogP contribution in [0.3, 0.4) is 0 Å².